The molecule has 0 saturated carbocycles. The van der Waals surface area contributed by atoms with Crippen molar-refractivity contribution in [3.63, 3.8) is 0 Å². The van der Waals surface area contributed by atoms with Crippen LogP contribution in [0.15, 0.2) is 10.7 Å². The molecule has 0 fully saturated rings. The quantitative estimate of drug-likeness (QED) is 0.854. The molecule has 0 aliphatic heterocycles. The minimum absolute atomic E-state index is 0.224. The lowest BCUT2D eigenvalue weighted by Crippen LogP contribution is -2.29. The van der Waals surface area contributed by atoms with Crippen molar-refractivity contribution in [2.75, 3.05) is 13.7 Å². The Hall–Kier alpha value is -2.22. The largest absolute Gasteiger partial charge is 0.436 e. The van der Waals surface area contributed by atoms with Gasteiger partial charge in [0.05, 0.1) is 18.3 Å². The molecule has 0 bridgehead atoms. The summed E-state index contributed by atoms with van der Waals surface area (Å²) in [5, 5.41) is 10.7. The molecule has 0 radical (unpaired) electrons. The van der Waals surface area contributed by atoms with Crippen LogP contribution in [0.4, 0.5) is 0 Å². The Morgan fingerprint density at radius 3 is 2.90 bits per heavy atom. The highest BCUT2D eigenvalue weighted by molar-refractivity contribution is 5.92. The minimum Gasteiger partial charge on any atom is -0.436 e. The third-order valence-corrected chi connectivity index (χ3v) is 3.03. The number of carbonyl (C=O) groups is 1. The zero-order chi connectivity index (χ0) is 15.4. The maximum atomic E-state index is 12.2. The van der Waals surface area contributed by atoms with Crippen LogP contribution < -0.4 is 5.32 Å². The molecule has 2 aromatic rings. The molecule has 1 N–H and O–H groups in total. The Morgan fingerprint density at radius 2 is 2.29 bits per heavy atom. The first-order valence-electron chi connectivity index (χ1n) is 6.64. The lowest BCUT2D eigenvalue weighted by atomic mass is 10.2. The molecule has 2 aromatic heterocycles. The number of amides is 1. The van der Waals surface area contributed by atoms with Crippen LogP contribution in [-0.2, 0) is 11.3 Å². The number of hydrogen-bond donors (Lipinski definition) is 1. The monoisotopic (exact) mass is 293 g/mol. The first-order chi connectivity index (χ1) is 10.0. The van der Waals surface area contributed by atoms with Crippen LogP contribution >= 0.6 is 0 Å². The van der Waals surface area contributed by atoms with Crippen molar-refractivity contribution >= 4 is 5.91 Å². The summed E-state index contributed by atoms with van der Waals surface area (Å²) < 4.78 is 12.2. The maximum Gasteiger partial charge on any atom is 0.289 e. The smallest absolute Gasteiger partial charge is 0.289 e. The Labute approximate surface area is 122 Å². The van der Waals surface area contributed by atoms with Gasteiger partial charge in [-0.2, -0.15) is 0 Å². The van der Waals surface area contributed by atoms with Gasteiger partial charge < -0.3 is 19.0 Å². The van der Waals surface area contributed by atoms with Gasteiger partial charge in [0.1, 0.15) is 6.33 Å². The molecule has 1 amide bonds. The summed E-state index contributed by atoms with van der Waals surface area (Å²) in [5.41, 5.74) is 0.568. The van der Waals surface area contributed by atoms with E-state index >= 15 is 0 Å². The second-order valence-corrected chi connectivity index (χ2v) is 4.72. The normalized spacial score (nSPS) is 12.4. The summed E-state index contributed by atoms with van der Waals surface area (Å²) in [6, 6.07) is -0.304. The zero-order valence-corrected chi connectivity index (χ0v) is 12.6. The van der Waals surface area contributed by atoms with E-state index in [0.29, 0.717) is 30.6 Å². The van der Waals surface area contributed by atoms with Gasteiger partial charge in [-0.05, 0) is 13.8 Å². The van der Waals surface area contributed by atoms with E-state index < -0.39 is 0 Å². The average Bonchev–Trinajstić information content (AvgIpc) is 3.02. The van der Waals surface area contributed by atoms with E-state index in [1.54, 1.807) is 27.3 Å². The number of oxazole rings is 1. The number of rotatable bonds is 6. The van der Waals surface area contributed by atoms with Crippen molar-refractivity contribution in [1.82, 2.24) is 25.1 Å². The topological polar surface area (TPSA) is 95.1 Å². The molecule has 8 nitrogen and oxygen atoms in total. The lowest BCUT2D eigenvalue weighted by molar-refractivity contribution is 0.0907. The van der Waals surface area contributed by atoms with Gasteiger partial charge in [-0.25, -0.2) is 4.98 Å². The number of nitrogens with one attached hydrogen (secondary N) is 1. The summed E-state index contributed by atoms with van der Waals surface area (Å²) in [7, 11) is 1.63. The standard InChI is InChI=1S/C13H19N5O3/c1-8-11(21-10(3)15-8)13(19)16-9(2)12-17-14-7-18(12)5-6-20-4/h7,9H,5-6H2,1-4H3,(H,16,19). The fourth-order valence-electron chi connectivity index (χ4n) is 2.03. The summed E-state index contributed by atoms with van der Waals surface area (Å²) in [5.74, 6) is 1.03. The fraction of sp³-hybridized carbons (Fsp3) is 0.538. The third kappa shape index (κ3) is 3.46. The molecule has 0 aliphatic carbocycles. The van der Waals surface area contributed by atoms with Crippen molar-refractivity contribution in [1.29, 1.82) is 0 Å². The zero-order valence-electron chi connectivity index (χ0n) is 12.6. The average molecular weight is 293 g/mol. The van der Waals surface area contributed by atoms with E-state index in [-0.39, 0.29) is 17.7 Å². The number of aromatic nitrogens is 4. The van der Waals surface area contributed by atoms with Crippen molar-refractivity contribution < 1.29 is 13.9 Å². The molecular formula is C13H19N5O3. The Balaban J connectivity index is 2.07. The van der Waals surface area contributed by atoms with Crippen LogP contribution in [0, 0.1) is 13.8 Å². The van der Waals surface area contributed by atoms with Gasteiger partial charge in [0.2, 0.25) is 5.76 Å². The van der Waals surface area contributed by atoms with E-state index in [1.807, 2.05) is 11.5 Å². The van der Waals surface area contributed by atoms with Crippen LogP contribution in [0.3, 0.4) is 0 Å². The van der Waals surface area contributed by atoms with E-state index in [1.165, 1.54) is 0 Å². The second-order valence-electron chi connectivity index (χ2n) is 4.72. The molecule has 2 heterocycles. The summed E-state index contributed by atoms with van der Waals surface area (Å²) in [4.78, 5) is 16.3. The number of ether oxygens (including phenoxy) is 1. The molecule has 0 aliphatic rings. The lowest BCUT2D eigenvalue weighted by Gasteiger charge is -2.14. The van der Waals surface area contributed by atoms with E-state index in [4.69, 9.17) is 9.15 Å². The van der Waals surface area contributed by atoms with Gasteiger partial charge in [0, 0.05) is 20.6 Å². The van der Waals surface area contributed by atoms with Crippen LogP contribution in [0.25, 0.3) is 0 Å². The van der Waals surface area contributed by atoms with Gasteiger partial charge in [-0.3, -0.25) is 4.79 Å². The van der Waals surface area contributed by atoms with Gasteiger partial charge in [-0.1, -0.05) is 0 Å². The molecule has 0 spiro atoms. The van der Waals surface area contributed by atoms with Crippen LogP contribution in [0.2, 0.25) is 0 Å². The second kappa shape index (κ2) is 6.49. The Bertz CT molecular complexity index is 619. The van der Waals surface area contributed by atoms with Gasteiger partial charge in [0.15, 0.2) is 11.7 Å². The van der Waals surface area contributed by atoms with Crippen LogP contribution in [-0.4, -0.2) is 39.4 Å². The molecule has 1 unspecified atom stereocenters. The van der Waals surface area contributed by atoms with Crippen molar-refractivity contribution in [2.24, 2.45) is 0 Å². The van der Waals surface area contributed by atoms with E-state index in [0.717, 1.165) is 0 Å². The summed E-state index contributed by atoms with van der Waals surface area (Å²) in [6.07, 6.45) is 1.61. The SMILES string of the molecule is COCCn1cnnc1C(C)NC(=O)c1oc(C)nc1C. The van der Waals surface area contributed by atoms with Gasteiger partial charge in [0.25, 0.3) is 5.91 Å². The predicted octanol–water partition coefficient (Wildman–Crippen LogP) is 1.02. The molecular weight excluding hydrogens is 274 g/mol. The van der Waals surface area contributed by atoms with Gasteiger partial charge >= 0.3 is 0 Å². The third-order valence-electron chi connectivity index (χ3n) is 3.03. The number of carbonyl (C=O) groups excluding carboxylic acids is 1. The molecule has 0 aromatic carbocycles. The molecule has 114 valence electrons. The Kier molecular flexibility index (Phi) is 4.69. The number of methoxy groups -OCH3 is 1. The van der Waals surface area contributed by atoms with Crippen molar-refractivity contribution in [3.8, 4) is 0 Å². The number of hydrogen-bond acceptors (Lipinski definition) is 6. The van der Waals surface area contributed by atoms with Gasteiger partial charge in [-0.15, -0.1) is 10.2 Å². The molecule has 0 saturated heterocycles. The van der Waals surface area contributed by atoms with E-state index in [9.17, 15) is 4.79 Å². The summed E-state index contributed by atoms with van der Waals surface area (Å²) in [6.45, 7) is 6.45. The summed E-state index contributed by atoms with van der Waals surface area (Å²) >= 11 is 0. The molecule has 1 atom stereocenters. The fourth-order valence-corrected chi connectivity index (χ4v) is 2.03. The first-order valence-corrected chi connectivity index (χ1v) is 6.64. The van der Waals surface area contributed by atoms with Crippen LogP contribution in [0.5, 0.6) is 0 Å². The maximum absolute atomic E-state index is 12.2. The highest BCUT2D eigenvalue weighted by Gasteiger charge is 2.21. The van der Waals surface area contributed by atoms with E-state index in [2.05, 4.69) is 20.5 Å². The highest BCUT2D eigenvalue weighted by Crippen LogP contribution is 2.13. The molecule has 8 heteroatoms. The predicted molar refractivity (Wildman–Crippen MR) is 73.8 cm³/mol. The number of aryl methyl sites for hydroxylation is 2. The minimum atomic E-state index is -0.318. The Morgan fingerprint density at radius 1 is 1.52 bits per heavy atom. The van der Waals surface area contributed by atoms with Crippen molar-refractivity contribution in [3.05, 3.63) is 29.5 Å². The molecule has 21 heavy (non-hydrogen) atoms. The number of nitrogens with zero attached hydrogens (tertiary/aromatic N) is 4. The first kappa shape index (κ1) is 15.2. The van der Waals surface area contributed by atoms with Crippen LogP contribution in [0.1, 0.15) is 40.9 Å². The highest BCUT2D eigenvalue weighted by atomic mass is 16.5. The van der Waals surface area contributed by atoms with Crippen molar-refractivity contribution in [2.45, 2.75) is 33.4 Å². The molecule has 2 rings (SSSR count).